The molecule has 3 nitrogen and oxygen atoms in total. The first-order chi connectivity index (χ1) is 7.77. The first-order valence-electron chi connectivity index (χ1n) is 6.79. The van der Waals surface area contributed by atoms with Crippen molar-refractivity contribution in [2.75, 3.05) is 19.6 Å². The Morgan fingerprint density at radius 3 is 2.75 bits per heavy atom. The van der Waals surface area contributed by atoms with Crippen LogP contribution in [0.2, 0.25) is 0 Å². The van der Waals surface area contributed by atoms with Crippen molar-refractivity contribution < 1.29 is 4.79 Å². The van der Waals surface area contributed by atoms with Crippen LogP contribution in [0.4, 0.5) is 0 Å². The minimum atomic E-state index is 0.113. The van der Waals surface area contributed by atoms with Crippen LogP contribution >= 0.6 is 0 Å². The summed E-state index contributed by atoms with van der Waals surface area (Å²) in [6.45, 7) is 5.26. The van der Waals surface area contributed by atoms with Gasteiger partial charge in [0.1, 0.15) is 0 Å². The lowest BCUT2D eigenvalue weighted by Gasteiger charge is -2.29. The molecule has 2 aliphatic rings. The Morgan fingerprint density at radius 2 is 2.00 bits per heavy atom. The lowest BCUT2D eigenvalue weighted by atomic mass is 10.0. The molecule has 0 aromatic heterocycles. The SMILES string of the molecule is CC1CCCN(C(=O)[C@@H]2CCCCN2)CC1. The maximum Gasteiger partial charge on any atom is 0.239 e. The largest absolute Gasteiger partial charge is 0.341 e. The molecule has 0 aromatic carbocycles. The van der Waals surface area contributed by atoms with Gasteiger partial charge in [-0.3, -0.25) is 4.79 Å². The normalized spacial score (nSPS) is 32.2. The summed E-state index contributed by atoms with van der Waals surface area (Å²) in [5.74, 6) is 1.14. The quantitative estimate of drug-likeness (QED) is 0.736. The number of nitrogens with zero attached hydrogens (tertiary/aromatic N) is 1. The second kappa shape index (κ2) is 5.67. The van der Waals surface area contributed by atoms with Crippen LogP contribution in [-0.2, 0) is 4.79 Å². The molecule has 92 valence electrons. The van der Waals surface area contributed by atoms with Crippen LogP contribution in [0.5, 0.6) is 0 Å². The van der Waals surface area contributed by atoms with Crippen molar-refractivity contribution in [3.8, 4) is 0 Å². The molecule has 0 radical (unpaired) electrons. The Morgan fingerprint density at radius 1 is 1.12 bits per heavy atom. The topological polar surface area (TPSA) is 32.3 Å². The number of amides is 1. The first kappa shape index (κ1) is 11.9. The van der Waals surface area contributed by atoms with E-state index >= 15 is 0 Å². The highest BCUT2D eigenvalue weighted by Crippen LogP contribution is 2.18. The molecule has 1 amide bonds. The maximum absolute atomic E-state index is 12.3. The van der Waals surface area contributed by atoms with E-state index in [2.05, 4.69) is 17.1 Å². The van der Waals surface area contributed by atoms with Crippen molar-refractivity contribution in [1.82, 2.24) is 10.2 Å². The second-order valence-corrected chi connectivity index (χ2v) is 5.36. The van der Waals surface area contributed by atoms with E-state index in [1.165, 1.54) is 32.1 Å². The zero-order chi connectivity index (χ0) is 11.4. The molecular formula is C13H24N2O. The van der Waals surface area contributed by atoms with Crippen LogP contribution in [-0.4, -0.2) is 36.5 Å². The molecule has 0 spiro atoms. The highest BCUT2D eigenvalue weighted by atomic mass is 16.2. The number of rotatable bonds is 1. The molecule has 0 aromatic rings. The van der Waals surface area contributed by atoms with Gasteiger partial charge >= 0.3 is 0 Å². The van der Waals surface area contributed by atoms with E-state index in [4.69, 9.17) is 0 Å². The summed E-state index contributed by atoms with van der Waals surface area (Å²) >= 11 is 0. The average molecular weight is 224 g/mol. The predicted octanol–water partition coefficient (Wildman–Crippen LogP) is 1.78. The molecule has 0 bridgehead atoms. The van der Waals surface area contributed by atoms with Crippen molar-refractivity contribution in [2.45, 2.75) is 51.5 Å². The van der Waals surface area contributed by atoms with Crippen molar-refractivity contribution in [3.63, 3.8) is 0 Å². The molecule has 1 unspecified atom stereocenters. The van der Waals surface area contributed by atoms with E-state index in [1.807, 2.05) is 0 Å². The van der Waals surface area contributed by atoms with Crippen LogP contribution in [0.3, 0.4) is 0 Å². The van der Waals surface area contributed by atoms with Crippen LogP contribution in [0, 0.1) is 5.92 Å². The zero-order valence-electron chi connectivity index (χ0n) is 10.4. The van der Waals surface area contributed by atoms with E-state index in [0.717, 1.165) is 32.0 Å². The van der Waals surface area contributed by atoms with Gasteiger partial charge in [0.15, 0.2) is 0 Å². The van der Waals surface area contributed by atoms with E-state index < -0.39 is 0 Å². The Kier molecular flexibility index (Phi) is 4.22. The van der Waals surface area contributed by atoms with Gasteiger partial charge in [0.2, 0.25) is 5.91 Å². The summed E-state index contributed by atoms with van der Waals surface area (Å²) in [6.07, 6.45) is 7.10. The van der Waals surface area contributed by atoms with Crippen molar-refractivity contribution in [3.05, 3.63) is 0 Å². The summed E-state index contributed by atoms with van der Waals surface area (Å²) in [4.78, 5) is 14.4. The van der Waals surface area contributed by atoms with Crippen molar-refractivity contribution in [2.24, 2.45) is 5.92 Å². The molecule has 2 aliphatic heterocycles. The highest BCUT2D eigenvalue weighted by molar-refractivity contribution is 5.82. The molecule has 16 heavy (non-hydrogen) atoms. The lowest BCUT2D eigenvalue weighted by molar-refractivity contribution is -0.134. The summed E-state index contributed by atoms with van der Waals surface area (Å²) in [6, 6.07) is 0.113. The van der Waals surface area contributed by atoms with Gasteiger partial charge in [-0.15, -0.1) is 0 Å². The second-order valence-electron chi connectivity index (χ2n) is 5.36. The molecule has 0 saturated carbocycles. The molecule has 1 N–H and O–H groups in total. The molecule has 2 fully saturated rings. The van der Waals surface area contributed by atoms with Crippen LogP contribution in [0.25, 0.3) is 0 Å². The van der Waals surface area contributed by atoms with E-state index in [-0.39, 0.29) is 6.04 Å². The molecule has 3 heteroatoms. The molecule has 2 saturated heterocycles. The van der Waals surface area contributed by atoms with Gasteiger partial charge in [0.25, 0.3) is 0 Å². The number of piperidine rings is 1. The number of nitrogens with one attached hydrogen (secondary N) is 1. The summed E-state index contributed by atoms with van der Waals surface area (Å²) < 4.78 is 0. The van der Waals surface area contributed by atoms with Crippen LogP contribution < -0.4 is 5.32 Å². The van der Waals surface area contributed by atoms with Gasteiger partial charge < -0.3 is 10.2 Å². The summed E-state index contributed by atoms with van der Waals surface area (Å²) in [5, 5.41) is 3.36. The first-order valence-corrected chi connectivity index (χ1v) is 6.79. The fourth-order valence-electron chi connectivity index (χ4n) is 2.77. The Hall–Kier alpha value is -0.570. The molecular weight excluding hydrogens is 200 g/mol. The van der Waals surface area contributed by atoms with Gasteiger partial charge in [0.05, 0.1) is 6.04 Å². The standard InChI is InChI=1S/C13H24N2O/c1-11-5-4-9-15(10-7-11)13(16)12-6-2-3-8-14-12/h11-12,14H,2-10H2,1H3/t11?,12-/m0/s1. The van der Waals surface area contributed by atoms with E-state index in [9.17, 15) is 4.79 Å². The molecule has 2 rings (SSSR count). The van der Waals surface area contributed by atoms with Gasteiger partial charge in [-0.05, 0) is 44.6 Å². The minimum absolute atomic E-state index is 0.113. The van der Waals surface area contributed by atoms with Gasteiger partial charge in [-0.2, -0.15) is 0 Å². The third-order valence-corrected chi connectivity index (χ3v) is 3.94. The van der Waals surface area contributed by atoms with Gasteiger partial charge in [-0.25, -0.2) is 0 Å². The fraction of sp³-hybridized carbons (Fsp3) is 0.923. The third kappa shape index (κ3) is 2.97. The van der Waals surface area contributed by atoms with Gasteiger partial charge in [-0.1, -0.05) is 13.3 Å². The Balaban J connectivity index is 1.87. The molecule has 0 aliphatic carbocycles. The highest BCUT2D eigenvalue weighted by Gasteiger charge is 2.26. The Bertz CT molecular complexity index is 236. The van der Waals surface area contributed by atoms with Crippen molar-refractivity contribution in [1.29, 1.82) is 0 Å². The van der Waals surface area contributed by atoms with Gasteiger partial charge in [0, 0.05) is 13.1 Å². The lowest BCUT2D eigenvalue weighted by Crippen LogP contribution is -2.48. The smallest absolute Gasteiger partial charge is 0.239 e. The maximum atomic E-state index is 12.3. The van der Waals surface area contributed by atoms with Crippen molar-refractivity contribution >= 4 is 5.91 Å². The van der Waals surface area contributed by atoms with E-state index in [0.29, 0.717) is 5.91 Å². The Labute approximate surface area is 98.6 Å². The van der Waals surface area contributed by atoms with Crippen LogP contribution in [0.1, 0.15) is 45.4 Å². The van der Waals surface area contributed by atoms with Crippen LogP contribution in [0.15, 0.2) is 0 Å². The number of hydrogen-bond acceptors (Lipinski definition) is 2. The summed E-state index contributed by atoms with van der Waals surface area (Å²) in [7, 11) is 0. The number of carbonyl (C=O) groups is 1. The minimum Gasteiger partial charge on any atom is -0.341 e. The number of hydrogen-bond donors (Lipinski definition) is 1. The monoisotopic (exact) mass is 224 g/mol. The zero-order valence-corrected chi connectivity index (χ0v) is 10.4. The molecule has 2 heterocycles. The predicted molar refractivity (Wildman–Crippen MR) is 65.2 cm³/mol. The number of likely N-dealkylation sites (tertiary alicyclic amines) is 1. The third-order valence-electron chi connectivity index (χ3n) is 3.94. The fourth-order valence-corrected chi connectivity index (χ4v) is 2.77. The average Bonchev–Trinajstić information content (AvgIpc) is 2.54. The summed E-state index contributed by atoms with van der Waals surface area (Å²) in [5.41, 5.74) is 0. The number of carbonyl (C=O) groups excluding carboxylic acids is 1. The van der Waals surface area contributed by atoms with E-state index in [1.54, 1.807) is 0 Å². The molecule has 2 atom stereocenters.